The van der Waals surface area contributed by atoms with Crippen LogP contribution in [0.5, 0.6) is 11.5 Å². The molecule has 124 valence electrons. The summed E-state index contributed by atoms with van der Waals surface area (Å²) in [5.74, 6) is 1.81. The molecule has 1 aromatic heterocycles. The maximum atomic E-state index is 12.6. The molecule has 0 unspecified atom stereocenters. The Kier molecular flexibility index (Phi) is 4.92. The van der Waals surface area contributed by atoms with Gasteiger partial charge in [-0.25, -0.2) is 0 Å². The van der Waals surface area contributed by atoms with Crippen molar-refractivity contribution in [3.05, 3.63) is 52.8 Å². The zero-order valence-electron chi connectivity index (χ0n) is 13.1. The Hall–Kier alpha value is -2.25. The molecule has 3 rings (SSSR count). The van der Waals surface area contributed by atoms with E-state index in [1.54, 1.807) is 38.7 Å². The van der Waals surface area contributed by atoms with Crippen molar-refractivity contribution in [1.29, 1.82) is 0 Å². The maximum Gasteiger partial charge on any atom is 0.266 e. The summed E-state index contributed by atoms with van der Waals surface area (Å²) >= 11 is 6.59. The van der Waals surface area contributed by atoms with E-state index in [2.05, 4.69) is 0 Å². The van der Waals surface area contributed by atoms with Gasteiger partial charge in [-0.1, -0.05) is 30.0 Å². The van der Waals surface area contributed by atoms with Crippen LogP contribution in [0.2, 0.25) is 0 Å². The van der Waals surface area contributed by atoms with Crippen LogP contribution < -0.4 is 9.47 Å². The monoisotopic (exact) mass is 361 g/mol. The fourth-order valence-electron chi connectivity index (χ4n) is 2.29. The van der Waals surface area contributed by atoms with Gasteiger partial charge in [0.05, 0.1) is 31.9 Å². The minimum atomic E-state index is -0.129. The number of thioether (sulfide) groups is 1. The summed E-state index contributed by atoms with van der Waals surface area (Å²) < 4.78 is 16.3. The summed E-state index contributed by atoms with van der Waals surface area (Å²) in [6, 6.07) is 9.08. The maximum absolute atomic E-state index is 12.6. The van der Waals surface area contributed by atoms with E-state index >= 15 is 0 Å². The van der Waals surface area contributed by atoms with Crippen LogP contribution in [0.4, 0.5) is 0 Å². The SMILES string of the molecule is COc1ccc(/C=C2\SC(=S)N(Cc3ccco3)C2=O)cc1OC. The first kappa shape index (κ1) is 16.6. The Bertz CT molecular complexity index is 799. The molecule has 1 fully saturated rings. The Morgan fingerprint density at radius 2 is 2.04 bits per heavy atom. The van der Waals surface area contributed by atoms with Crippen LogP contribution in [0.3, 0.4) is 0 Å². The van der Waals surface area contributed by atoms with Gasteiger partial charge in [-0.05, 0) is 35.9 Å². The summed E-state index contributed by atoms with van der Waals surface area (Å²) in [5, 5.41) is 0. The van der Waals surface area contributed by atoms with Crippen molar-refractivity contribution in [1.82, 2.24) is 4.90 Å². The summed E-state index contributed by atoms with van der Waals surface area (Å²) in [6.07, 6.45) is 3.37. The minimum Gasteiger partial charge on any atom is -0.493 e. The Labute approximate surface area is 149 Å². The molecule has 0 aliphatic carbocycles. The van der Waals surface area contributed by atoms with E-state index in [9.17, 15) is 4.79 Å². The topological polar surface area (TPSA) is 51.9 Å². The van der Waals surface area contributed by atoms with E-state index in [0.29, 0.717) is 33.0 Å². The first-order valence-electron chi connectivity index (χ1n) is 7.12. The lowest BCUT2D eigenvalue weighted by molar-refractivity contribution is -0.122. The van der Waals surface area contributed by atoms with Crippen LogP contribution in [0, 0.1) is 0 Å². The molecular formula is C17H15NO4S2. The molecule has 2 heterocycles. The molecule has 1 amide bonds. The molecule has 0 N–H and O–H groups in total. The fraction of sp³-hybridized carbons (Fsp3) is 0.176. The molecule has 0 bridgehead atoms. The van der Waals surface area contributed by atoms with Gasteiger partial charge in [0.25, 0.3) is 5.91 Å². The van der Waals surface area contributed by atoms with Crippen LogP contribution in [0.1, 0.15) is 11.3 Å². The highest BCUT2D eigenvalue weighted by Crippen LogP contribution is 2.35. The van der Waals surface area contributed by atoms with Crippen molar-refractivity contribution in [3.63, 3.8) is 0 Å². The average Bonchev–Trinajstić information content (AvgIpc) is 3.19. The van der Waals surface area contributed by atoms with Gasteiger partial charge in [-0.2, -0.15) is 0 Å². The van der Waals surface area contributed by atoms with Crippen LogP contribution in [-0.4, -0.2) is 29.3 Å². The average molecular weight is 361 g/mol. The smallest absolute Gasteiger partial charge is 0.266 e. The molecule has 0 saturated carbocycles. The minimum absolute atomic E-state index is 0.129. The summed E-state index contributed by atoms with van der Waals surface area (Å²) in [4.78, 5) is 14.7. The molecule has 2 aromatic rings. The predicted molar refractivity (Wildman–Crippen MR) is 97.0 cm³/mol. The van der Waals surface area contributed by atoms with Gasteiger partial charge in [0.1, 0.15) is 10.1 Å². The molecule has 1 aromatic carbocycles. The van der Waals surface area contributed by atoms with Gasteiger partial charge in [-0.3, -0.25) is 9.69 Å². The Balaban J connectivity index is 1.83. The van der Waals surface area contributed by atoms with E-state index in [1.807, 2.05) is 18.2 Å². The second kappa shape index (κ2) is 7.11. The highest BCUT2D eigenvalue weighted by molar-refractivity contribution is 8.26. The number of rotatable bonds is 5. The van der Waals surface area contributed by atoms with E-state index in [-0.39, 0.29) is 5.91 Å². The number of thiocarbonyl (C=S) groups is 1. The molecule has 1 aliphatic heterocycles. The number of methoxy groups -OCH3 is 2. The van der Waals surface area contributed by atoms with Crippen molar-refractivity contribution in [2.75, 3.05) is 14.2 Å². The van der Waals surface area contributed by atoms with Crippen molar-refractivity contribution < 1.29 is 18.7 Å². The second-order valence-corrected chi connectivity index (χ2v) is 6.64. The van der Waals surface area contributed by atoms with Crippen LogP contribution in [0.15, 0.2) is 45.9 Å². The van der Waals surface area contributed by atoms with Crippen molar-refractivity contribution >= 4 is 40.3 Å². The van der Waals surface area contributed by atoms with Crippen LogP contribution in [-0.2, 0) is 11.3 Å². The molecule has 5 nitrogen and oxygen atoms in total. The van der Waals surface area contributed by atoms with Crippen molar-refractivity contribution in [3.8, 4) is 11.5 Å². The lowest BCUT2D eigenvalue weighted by Crippen LogP contribution is -2.27. The van der Waals surface area contributed by atoms with Crippen molar-refractivity contribution in [2.45, 2.75) is 6.54 Å². The quantitative estimate of drug-likeness (QED) is 0.598. The predicted octanol–water partition coefficient (Wildman–Crippen LogP) is 3.70. The van der Waals surface area contributed by atoms with Gasteiger partial charge in [0.15, 0.2) is 11.5 Å². The van der Waals surface area contributed by atoms with Crippen molar-refractivity contribution in [2.24, 2.45) is 0 Å². The number of ether oxygens (including phenoxy) is 2. The highest BCUT2D eigenvalue weighted by Gasteiger charge is 2.32. The number of amides is 1. The normalized spacial score (nSPS) is 16.1. The van der Waals surface area contributed by atoms with Gasteiger partial charge in [-0.15, -0.1) is 0 Å². The lowest BCUT2D eigenvalue weighted by atomic mass is 10.2. The molecule has 0 spiro atoms. The highest BCUT2D eigenvalue weighted by atomic mass is 32.2. The Morgan fingerprint density at radius 3 is 2.71 bits per heavy atom. The number of hydrogen-bond donors (Lipinski definition) is 0. The number of hydrogen-bond acceptors (Lipinski definition) is 6. The van der Waals surface area contributed by atoms with Gasteiger partial charge in [0.2, 0.25) is 0 Å². The number of nitrogens with zero attached hydrogens (tertiary/aromatic N) is 1. The molecule has 1 aliphatic rings. The Morgan fingerprint density at radius 1 is 1.25 bits per heavy atom. The third-order valence-corrected chi connectivity index (χ3v) is 4.85. The molecule has 1 saturated heterocycles. The number of carbonyl (C=O) groups is 1. The van der Waals surface area contributed by atoms with Gasteiger partial charge < -0.3 is 13.9 Å². The zero-order valence-corrected chi connectivity index (χ0v) is 14.8. The molecule has 24 heavy (non-hydrogen) atoms. The molecule has 0 radical (unpaired) electrons. The fourth-order valence-corrected chi connectivity index (χ4v) is 3.54. The summed E-state index contributed by atoms with van der Waals surface area (Å²) in [6.45, 7) is 0.334. The largest absolute Gasteiger partial charge is 0.493 e. The van der Waals surface area contributed by atoms with E-state index in [1.165, 1.54) is 16.7 Å². The molecular weight excluding hydrogens is 346 g/mol. The summed E-state index contributed by atoms with van der Waals surface area (Å²) in [7, 11) is 3.15. The summed E-state index contributed by atoms with van der Waals surface area (Å²) in [5.41, 5.74) is 0.839. The third-order valence-electron chi connectivity index (χ3n) is 3.47. The zero-order chi connectivity index (χ0) is 17.1. The third kappa shape index (κ3) is 3.32. The van der Waals surface area contributed by atoms with E-state index in [4.69, 9.17) is 26.1 Å². The van der Waals surface area contributed by atoms with Gasteiger partial charge in [0, 0.05) is 0 Å². The van der Waals surface area contributed by atoms with Crippen LogP contribution in [0.25, 0.3) is 6.08 Å². The number of benzene rings is 1. The first-order valence-corrected chi connectivity index (χ1v) is 8.34. The molecule has 7 heteroatoms. The number of furan rings is 1. The van der Waals surface area contributed by atoms with E-state index < -0.39 is 0 Å². The van der Waals surface area contributed by atoms with Gasteiger partial charge >= 0.3 is 0 Å². The standard InChI is InChI=1S/C17H15NO4S2/c1-20-13-6-5-11(8-14(13)21-2)9-15-16(19)18(17(23)24-15)10-12-4-3-7-22-12/h3-9H,10H2,1-2H3/b15-9-. The number of carbonyl (C=O) groups excluding carboxylic acids is 1. The van der Waals surface area contributed by atoms with E-state index in [0.717, 1.165) is 5.56 Å². The first-order chi connectivity index (χ1) is 11.6. The van der Waals surface area contributed by atoms with Crippen LogP contribution >= 0.6 is 24.0 Å². The molecule has 0 atom stereocenters. The second-order valence-electron chi connectivity index (χ2n) is 4.96. The lowest BCUT2D eigenvalue weighted by Gasteiger charge is -2.12.